The van der Waals surface area contributed by atoms with Crippen molar-refractivity contribution in [2.75, 3.05) is 0 Å². The van der Waals surface area contributed by atoms with Crippen molar-refractivity contribution in [3.8, 4) is 22.3 Å². The van der Waals surface area contributed by atoms with Crippen LogP contribution in [0.5, 0.6) is 0 Å². The van der Waals surface area contributed by atoms with E-state index in [2.05, 4.69) is 134 Å². The van der Waals surface area contributed by atoms with E-state index in [9.17, 15) is 0 Å². The molecule has 6 aromatic rings. The summed E-state index contributed by atoms with van der Waals surface area (Å²) in [5.41, 5.74) is 9.25. The molecule has 0 saturated carbocycles. The Bertz CT molecular complexity index is 1620. The summed E-state index contributed by atoms with van der Waals surface area (Å²) in [4.78, 5) is 0. The van der Waals surface area contributed by atoms with Gasteiger partial charge in [0.1, 0.15) is 0 Å². The number of rotatable bonds is 4. The highest BCUT2D eigenvalue weighted by Gasteiger charge is 2.18. The lowest BCUT2D eigenvalue weighted by molar-refractivity contribution is 1.20. The van der Waals surface area contributed by atoms with Crippen LogP contribution in [0.25, 0.3) is 43.8 Å². The molecule has 0 N–H and O–H groups in total. The molecule has 162 valence electrons. The van der Waals surface area contributed by atoms with Crippen LogP contribution in [0.2, 0.25) is 0 Å². The number of hydrogen-bond acceptors (Lipinski definition) is 0. The third-order valence-electron chi connectivity index (χ3n) is 6.86. The first-order chi connectivity index (χ1) is 16.8. The second-order valence-electron chi connectivity index (χ2n) is 9.01. The van der Waals surface area contributed by atoms with Crippen molar-refractivity contribution in [1.82, 2.24) is 0 Å². The van der Waals surface area contributed by atoms with Crippen LogP contribution in [0.4, 0.5) is 0 Å². The third kappa shape index (κ3) is 3.58. The third-order valence-corrected chi connectivity index (χ3v) is 6.86. The maximum absolute atomic E-state index is 2.32. The van der Waals surface area contributed by atoms with Crippen LogP contribution in [-0.4, -0.2) is 0 Å². The predicted octanol–water partition coefficient (Wildman–Crippen LogP) is 9.23. The number of fused-ring (bicyclic) bond motifs is 2. The highest BCUT2D eigenvalue weighted by molar-refractivity contribution is 6.11. The summed E-state index contributed by atoms with van der Waals surface area (Å²) in [6.07, 6.45) is 0.914. The number of benzene rings is 6. The van der Waals surface area contributed by atoms with Gasteiger partial charge in [-0.1, -0.05) is 127 Å². The first kappa shape index (κ1) is 20.4. The fourth-order valence-electron chi connectivity index (χ4n) is 5.23. The Kier molecular flexibility index (Phi) is 5.20. The summed E-state index contributed by atoms with van der Waals surface area (Å²) >= 11 is 0. The van der Waals surface area contributed by atoms with E-state index < -0.39 is 0 Å². The van der Waals surface area contributed by atoms with Crippen LogP contribution in [0, 0.1) is 6.92 Å². The molecule has 0 saturated heterocycles. The monoisotopic (exact) mass is 434 g/mol. The van der Waals surface area contributed by atoms with E-state index in [0.29, 0.717) is 0 Å². The Balaban J connectivity index is 1.68. The summed E-state index contributed by atoms with van der Waals surface area (Å²) in [7, 11) is 0. The van der Waals surface area contributed by atoms with Crippen LogP contribution in [0.1, 0.15) is 16.7 Å². The van der Waals surface area contributed by atoms with Crippen LogP contribution in [0.3, 0.4) is 0 Å². The van der Waals surface area contributed by atoms with E-state index in [0.717, 1.165) is 6.42 Å². The molecule has 0 spiro atoms. The normalized spacial score (nSPS) is 11.2. The Morgan fingerprint density at radius 2 is 1.03 bits per heavy atom. The molecule has 0 fully saturated rings. The topological polar surface area (TPSA) is 0 Å². The van der Waals surface area contributed by atoms with Crippen molar-refractivity contribution < 1.29 is 0 Å². The predicted molar refractivity (Wildman–Crippen MR) is 146 cm³/mol. The van der Waals surface area contributed by atoms with E-state index in [1.807, 2.05) is 0 Å². The van der Waals surface area contributed by atoms with Crippen LogP contribution < -0.4 is 0 Å². The fourth-order valence-corrected chi connectivity index (χ4v) is 5.23. The Hall–Kier alpha value is -4.16. The molecule has 0 radical (unpaired) electrons. The lowest BCUT2D eigenvalue weighted by atomic mass is 9.83. The smallest absolute Gasteiger partial charge is 0.00178 e. The van der Waals surface area contributed by atoms with Crippen LogP contribution in [0.15, 0.2) is 127 Å². The summed E-state index contributed by atoms with van der Waals surface area (Å²) in [6, 6.07) is 46.3. The van der Waals surface area contributed by atoms with Crippen molar-refractivity contribution in [2.45, 2.75) is 13.3 Å². The van der Waals surface area contributed by atoms with Gasteiger partial charge in [0, 0.05) is 0 Å². The van der Waals surface area contributed by atoms with E-state index in [1.165, 1.54) is 60.5 Å². The molecule has 0 atom stereocenters. The minimum Gasteiger partial charge on any atom is -0.0622 e. The molecular weight excluding hydrogens is 408 g/mol. The highest BCUT2D eigenvalue weighted by Crippen LogP contribution is 2.43. The molecule has 0 aliphatic rings. The van der Waals surface area contributed by atoms with Gasteiger partial charge in [0.25, 0.3) is 0 Å². The molecule has 0 heterocycles. The Morgan fingerprint density at radius 1 is 0.441 bits per heavy atom. The van der Waals surface area contributed by atoms with Gasteiger partial charge in [-0.15, -0.1) is 0 Å². The van der Waals surface area contributed by atoms with Gasteiger partial charge in [0.2, 0.25) is 0 Å². The molecule has 0 aliphatic carbocycles. The lowest BCUT2D eigenvalue weighted by Crippen LogP contribution is -1.96. The molecule has 0 nitrogen and oxygen atoms in total. The van der Waals surface area contributed by atoms with Gasteiger partial charge < -0.3 is 0 Å². The Labute approximate surface area is 201 Å². The fraction of sp³-hybridized carbons (Fsp3) is 0.0588. The zero-order valence-corrected chi connectivity index (χ0v) is 19.3. The summed E-state index contributed by atoms with van der Waals surface area (Å²) in [6.45, 7) is 2.24. The molecule has 6 rings (SSSR count). The molecule has 0 unspecified atom stereocenters. The van der Waals surface area contributed by atoms with Gasteiger partial charge in [0.15, 0.2) is 0 Å². The van der Waals surface area contributed by atoms with Gasteiger partial charge in [-0.2, -0.15) is 0 Å². The number of hydrogen-bond donors (Lipinski definition) is 0. The molecule has 0 amide bonds. The average molecular weight is 435 g/mol. The maximum atomic E-state index is 2.32. The molecule has 0 heteroatoms. The van der Waals surface area contributed by atoms with E-state index >= 15 is 0 Å². The lowest BCUT2D eigenvalue weighted by Gasteiger charge is -2.20. The van der Waals surface area contributed by atoms with Crippen molar-refractivity contribution in [1.29, 1.82) is 0 Å². The molecular formula is C34H26. The largest absolute Gasteiger partial charge is 0.0622 e. The van der Waals surface area contributed by atoms with Crippen molar-refractivity contribution in [3.63, 3.8) is 0 Å². The van der Waals surface area contributed by atoms with E-state index in [-0.39, 0.29) is 0 Å². The van der Waals surface area contributed by atoms with Gasteiger partial charge >= 0.3 is 0 Å². The minimum atomic E-state index is 0.914. The molecule has 0 bridgehead atoms. The van der Waals surface area contributed by atoms with Gasteiger partial charge in [-0.05, 0) is 73.8 Å². The van der Waals surface area contributed by atoms with Crippen LogP contribution in [-0.2, 0) is 6.42 Å². The zero-order chi connectivity index (χ0) is 22.9. The zero-order valence-electron chi connectivity index (χ0n) is 19.3. The molecule has 6 aromatic carbocycles. The van der Waals surface area contributed by atoms with Crippen molar-refractivity contribution in [3.05, 3.63) is 144 Å². The van der Waals surface area contributed by atoms with E-state index in [1.54, 1.807) is 0 Å². The first-order valence-corrected chi connectivity index (χ1v) is 11.9. The molecule has 0 aromatic heterocycles. The van der Waals surface area contributed by atoms with Gasteiger partial charge in [-0.25, -0.2) is 0 Å². The summed E-state index contributed by atoms with van der Waals surface area (Å²) in [5.74, 6) is 0. The standard InChI is InChI=1S/C34H26/c1-24-19-20-26-13-5-9-17-30(26)33(24)34-31-18-10-6-14-27(31)21-22-32(34)29-16-8-7-15-28(29)23-25-11-3-2-4-12-25/h2-22H,23H2,1H3. The van der Waals surface area contributed by atoms with Gasteiger partial charge in [-0.3, -0.25) is 0 Å². The second-order valence-corrected chi connectivity index (χ2v) is 9.01. The van der Waals surface area contributed by atoms with Crippen molar-refractivity contribution >= 4 is 21.5 Å². The SMILES string of the molecule is Cc1ccc2ccccc2c1-c1c(-c2ccccc2Cc2ccccc2)ccc2ccccc12. The quantitative estimate of drug-likeness (QED) is 0.259. The molecule has 0 aliphatic heterocycles. The maximum Gasteiger partial charge on any atom is -0.00178 e. The van der Waals surface area contributed by atoms with Gasteiger partial charge in [0.05, 0.1) is 0 Å². The second kappa shape index (κ2) is 8.65. The van der Waals surface area contributed by atoms with E-state index in [4.69, 9.17) is 0 Å². The van der Waals surface area contributed by atoms with Crippen LogP contribution >= 0.6 is 0 Å². The minimum absolute atomic E-state index is 0.914. The first-order valence-electron chi connectivity index (χ1n) is 11.9. The number of aryl methyl sites for hydroxylation is 1. The van der Waals surface area contributed by atoms with Crippen molar-refractivity contribution in [2.24, 2.45) is 0 Å². The average Bonchev–Trinajstić information content (AvgIpc) is 2.89. The highest BCUT2D eigenvalue weighted by atomic mass is 14.2. The summed E-state index contributed by atoms with van der Waals surface area (Å²) < 4.78 is 0. The Morgan fingerprint density at radius 3 is 1.79 bits per heavy atom. The molecule has 34 heavy (non-hydrogen) atoms. The summed E-state index contributed by atoms with van der Waals surface area (Å²) in [5, 5.41) is 5.16.